The maximum Gasteiger partial charge on any atom is 0.191 e. The number of aromatic nitrogens is 3. The Morgan fingerprint density at radius 2 is 1.94 bits per heavy atom. The second-order valence-corrected chi connectivity index (χ2v) is 8.94. The number of hydrogen-bond donors (Lipinski definition) is 2. The Balaban J connectivity index is 1.59. The van der Waals surface area contributed by atoms with E-state index >= 15 is 0 Å². The molecule has 0 bridgehead atoms. The molecule has 170 valence electrons. The summed E-state index contributed by atoms with van der Waals surface area (Å²) < 4.78 is 8.53. The number of nitrogens with zero attached hydrogens (tertiary/aromatic N) is 4. The molecule has 1 aromatic heterocycles. The molecule has 0 saturated heterocycles. The van der Waals surface area contributed by atoms with E-state index in [0.29, 0.717) is 19.0 Å². The summed E-state index contributed by atoms with van der Waals surface area (Å²) in [5.74, 6) is 4.37. The van der Waals surface area contributed by atoms with Crippen molar-refractivity contribution in [1.82, 2.24) is 25.4 Å². The van der Waals surface area contributed by atoms with Gasteiger partial charge >= 0.3 is 0 Å². The Kier molecular flexibility index (Phi) is 8.32. The van der Waals surface area contributed by atoms with E-state index < -0.39 is 0 Å². The lowest BCUT2D eigenvalue weighted by molar-refractivity contribution is 0.191. The fraction of sp³-hybridized carbons (Fsp3) is 0.625. The number of aryl methyl sites for hydroxylation is 2. The highest BCUT2D eigenvalue weighted by Gasteiger charge is 2.15. The van der Waals surface area contributed by atoms with Crippen LogP contribution >= 0.6 is 0 Å². The van der Waals surface area contributed by atoms with E-state index in [1.54, 1.807) is 7.05 Å². The van der Waals surface area contributed by atoms with Gasteiger partial charge in [0.05, 0.1) is 12.6 Å². The predicted octanol–water partition coefficient (Wildman–Crippen LogP) is 3.99. The van der Waals surface area contributed by atoms with Crippen LogP contribution in [0.15, 0.2) is 23.2 Å². The van der Waals surface area contributed by atoms with E-state index in [-0.39, 0.29) is 6.10 Å². The maximum absolute atomic E-state index is 6.27. The van der Waals surface area contributed by atoms with Crippen LogP contribution in [0.3, 0.4) is 0 Å². The summed E-state index contributed by atoms with van der Waals surface area (Å²) >= 11 is 0. The van der Waals surface area contributed by atoms with Gasteiger partial charge in [0.15, 0.2) is 11.8 Å². The van der Waals surface area contributed by atoms with Crippen LogP contribution in [0, 0.1) is 12.8 Å². The number of hydrogen-bond acceptors (Lipinski definition) is 4. The van der Waals surface area contributed by atoms with Crippen LogP contribution < -0.4 is 15.4 Å². The maximum atomic E-state index is 6.27. The molecule has 0 saturated carbocycles. The minimum absolute atomic E-state index is 0.182. The van der Waals surface area contributed by atoms with Crippen molar-refractivity contribution in [2.45, 2.75) is 85.5 Å². The molecule has 0 spiro atoms. The second-order valence-electron chi connectivity index (χ2n) is 8.94. The number of nitrogens with one attached hydrogen (secondary N) is 2. The normalized spacial score (nSPS) is 15.4. The summed E-state index contributed by atoms with van der Waals surface area (Å²) in [6.07, 6.45) is 5.89. The number of aliphatic imine (C=N–C) groups is 1. The van der Waals surface area contributed by atoms with E-state index in [4.69, 9.17) is 4.74 Å². The molecule has 0 aliphatic carbocycles. The standard InChI is InChI=1S/C24H38N6O/c1-17(2)13-19(4)31-21-14-18(3)10-11-20(21)15-26-24(25-5)27-16-23-29-28-22-9-7-6-8-12-30(22)23/h10-11,14,17,19H,6-9,12-13,15-16H2,1-5H3,(H2,25,26,27). The zero-order chi connectivity index (χ0) is 22.2. The first-order valence-corrected chi connectivity index (χ1v) is 11.6. The Labute approximate surface area is 186 Å². The lowest BCUT2D eigenvalue weighted by atomic mass is 10.1. The molecule has 3 rings (SSSR count). The third kappa shape index (κ3) is 6.71. The lowest BCUT2D eigenvalue weighted by Gasteiger charge is -2.20. The summed E-state index contributed by atoms with van der Waals surface area (Å²) in [6, 6.07) is 6.37. The van der Waals surface area contributed by atoms with Gasteiger partial charge in [0.25, 0.3) is 0 Å². The minimum atomic E-state index is 0.182. The molecule has 2 aromatic rings. The monoisotopic (exact) mass is 426 g/mol. The van der Waals surface area contributed by atoms with Crippen molar-refractivity contribution in [3.63, 3.8) is 0 Å². The molecule has 1 unspecified atom stereocenters. The average molecular weight is 427 g/mol. The largest absolute Gasteiger partial charge is 0.490 e. The van der Waals surface area contributed by atoms with E-state index in [2.05, 4.69) is 76.3 Å². The zero-order valence-corrected chi connectivity index (χ0v) is 19.7. The highest BCUT2D eigenvalue weighted by Crippen LogP contribution is 2.23. The summed E-state index contributed by atoms with van der Waals surface area (Å²) in [6.45, 7) is 10.9. The van der Waals surface area contributed by atoms with Gasteiger partial charge in [0, 0.05) is 32.1 Å². The quantitative estimate of drug-likeness (QED) is 0.493. The number of fused-ring (bicyclic) bond motifs is 1. The zero-order valence-electron chi connectivity index (χ0n) is 19.7. The van der Waals surface area contributed by atoms with Crippen LogP contribution in [-0.2, 0) is 26.1 Å². The van der Waals surface area contributed by atoms with E-state index in [1.165, 1.54) is 24.8 Å². The smallest absolute Gasteiger partial charge is 0.191 e. The van der Waals surface area contributed by atoms with Gasteiger partial charge in [-0.15, -0.1) is 10.2 Å². The van der Waals surface area contributed by atoms with Crippen molar-refractivity contribution >= 4 is 5.96 Å². The number of ether oxygens (including phenoxy) is 1. The molecular weight excluding hydrogens is 388 g/mol. The summed E-state index contributed by atoms with van der Waals surface area (Å²) in [5, 5.41) is 15.6. The Bertz CT molecular complexity index is 873. The van der Waals surface area contributed by atoms with Crippen molar-refractivity contribution in [2.24, 2.45) is 10.9 Å². The molecule has 1 atom stereocenters. The van der Waals surface area contributed by atoms with Crippen molar-refractivity contribution in [3.8, 4) is 5.75 Å². The Hall–Kier alpha value is -2.57. The van der Waals surface area contributed by atoms with Crippen molar-refractivity contribution in [2.75, 3.05) is 7.05 Å². The van der Waals surface area contributed by atoms with E-state index in [9.17, 15) is 0 Å². The second kappa shape index (κ2) is 11.2. The molecule has 1 aromatic carbocycles. The van der Waals surface area contributed by atoms with Gasteiger partial charge in [-0.05, 0) is 50.7 Å². The topological polar surface area (TPSA) is 76.4 Å². The minimum Gasteiger partial charge on any atom is -0.490 e. The first-order valence-electron chi connectivity index (χ1n) is 11.6. The van der Waals surface area contributed by atoms with Crippen LogP contribution in [0.25, 0.3) is 0 Å². The van der Waals surface area contributed by atoms with E-state index in [1.807, 2.05) is 0 Å². The highest BCUT2D eigenvalue weighted by atomic mass is 16.5. The molecule has 31 heavy (non-hydrogen) atoms. The third-order valence-corrected chi connectivity index (χ3v) is 5.62. The molecule has 0 radical (unpaired) electrons. The van der Waals surface area contributed by atoms with Crippen molar-refractivity contribution < 1.29 is 4.74 Å². The molecule has 2 heterocycles. The molecular formula is C24H38N6O. The van der Waals surface area contributed by atoms with Crippen LogP contribution in [0.2, 0.25) is 0 Å². The first-order chi connectivity index (χ1) is 15.0. The van der Waals surface area contributed by atoms with Gasteiger partial charge in [-0.1, -0.05) is 32.4 Å². The summed E-state index contributed by atoms with van der Waals surface area (Å²) in [7, 11) is 1.79. The average Bonchev–Trinajstić information content (AvgIpc) is 2.95. The Morgan fingerprint density at radius 1 is 1.13 bits per heavy atom. The molecule has 1 aliphatic rings. The van der Waals surface area contributed by atoms with Gasteiger partial charge in [-0.25, -0.2) is 0 Å². The summed E-state index contributed by atoms with van der Waals surface area (Å²) in [5.41, 5.74) is 2.33. The molecule has 7 nitrogen and oxygen atoms in total. The molecule has 1 aliphatic heterocycles. The molecule has 0 amide bonds. The Morgan fingerprint density at radius 3 is 2.71 bits per heavy atom. The summed E-state index contributed by atoms with van der Waals surface area (Å²) in [4.78, 5) is 4.38. The van der Waals surface area contributed by atoms with Gasteiger partial charge < -0.3 is 19.9 Å². The first kappa shape index (κ1) is 23.1. The molecule has 7 heteroatoms. The SMILES string of the molecule is CN=C(NCc1ccc(C)cc1OC(C)CC(C)C)NCc1nnc2n1CCCCC2. The van der Waals surface area contributed by atoms with Crippen LogP contribution in [0.4, 0.5) is 0 Å². The van der Waals surface area contributed by atoms with Gasteiger partial charge in [0.2, 0.25) is 0 Å². The third-order valence-electron chi connectivity index (χ3n) is 5.62. The van der Waals surface area contributed by atoms with Gasteiger partial charge in [-0.2, -0.15) is 0 Å². The molecule has 2 N–H and O–H groups in total. The lowest BCUT2D eigenvalue weighted by Crippen LogP contribution is -2.37. The van der Waals surface area contributed by atoms with Gasteiger partial charge in [-0.3, -0.25) is 4.99 Å². The van der Waals surface area contributed by atoms with Crippen molar-refractivity contribution in [1.29, 1.82) is 0 Å². The molecule has 0 fully saturated rings. The highest BCUT2D eigenvalue weighted by molar-refractivity contribution is 5.79. The van der Waals surface area contributed by atoms with Crippen LogP contribution in [0.5, 0.6) is 5.75 Å². The predicted molar refractivity (Wildman–Crippen MR) is 125 cm³/mol. The number of guanidine groups is 1. The number of rotatable bonds is 8. The number of benzene rings is 1. The fourth-order valence-corrected chi connectivity index (χ4v) is 4.08. The fourth-order valence-electron chi connectivity index (χ4n) is 4.08. The van der Waals surface area contributed by atoms with Crippen molar-refractivity contribution in [3.05, 3.63) is 41.0 Å². The van der Waals surface area contributed by atoms with Crippen LogP contribution in [-0.4, -0.2) is 33.9 Å². The van der Waals surface area contributed by atoms with Gasteiger partial charge in [0.1, 0.15) is 11.6 Å². The van der Waals surface area contributed by atoms with Crippen LogP contribution in [0.1, 0.15) is 69.2 Å². The van der Waals surface area contributed by atoms with E-state index in [0.717, 1.165) is 48.3 Å².